The van der Waals surface area contributed by atoms with Crippen LogP contribution in [0.15, 0.2) is 22.8 Å². The lowest BCUT2D eigenvalue weighted by Crippen LogP contribution is -2.36. The van der Waals surface area contributed by atoms with Crippen LogP contribution in [0.4, 0.5) is 0 Å². The van der Waals surface area contributed by atoms with Gasteiger partial charge in [0.1, 0.15) is 5.58 Å². The Bertz CT molecular complexity index is 880. The summed E-state index contributed by atoms with van der Waals surface area (Å²) in [5, 5.41) is 3.78. The number of rotatable bonds is 4. The van der Waals surface area contributed by atoms with Crippen LogP contribution in [0.3, 0.4) is 0 Å². The summed E-state index contributed by atoms with van der Waals surface area (Å²) in [4.78, 5) is 12.3. The molecule has 1 aromatic heterocycles. The zero-order chi connectivity index (χ0) is 17.5. The predicted molar refractivity (Wildman–Crippen MR) is 93.9 cm³/mol. The molecule has 0 saturated carbocycles. The fraction of sp³-hybridized carbons (Fsp3) is 0.500. The molecule has 5 nitrogen and oxygen atoms in total. The lowest BCUT2D eigenvalue weighted by Gasteiger charge is -2.11. The Labute approximate surface area is 142 Å². The second-order valence-corrected chi connectivity index (χ2v) is 9.19. The number of nitrogens with one attached hydrogen (secondary N) is 1. The van der Waals surface area contributed by atoms with E-state index in [4.69, 9.17) is 4.42 Å². The number of amides is 1. The van der Waals surface area contributed by atoms with Crippen LogP contribution in [0, 0.1) is 6.92 Å². The number of benzene rings is 1. The lowest BCUT2D eigenvalue weighted by atomic mass is 9.95. The number of carbonyl (C=O) groups is 1. The van der Waals surface area contributed by atoms with Crippen molar-refractivity contribution in [3.05, 3.63) is 35.1 Å². The Balaban J connectivity index is 1.77. The first-order valence-corrected chi connectivity index (χ1v) is 10.1. The Morgan fingerprint density at radius 3 is 2.75 bits per heavy atom. The normalized spacial score (nSPS) is 19.9. The van der Waals surface area contributed by atoms with Gasteiger partial charge in [0.05, 0.1) is 24.2 Å². The molecule has 0 radical (unpaired) electrons. The number of carbonyl (C=O) groups excluding carboxylic acids is 1. The molecule has 1 fully saturated rings. The lowest BCUT2D eigenvalue weighted by molar-refractivity contribution is -0.120. The number of sulfone groups is 1. The van der Waals surface area contributed by atoms with Gasteiger partial charge in [-0.2, -0.15) is 0 Å². The van der Waals surface area contributed by atoms with Gasteiger partial charge >= 0.3 is 0 Å². The van der Waals surface area contributed by atoms with E-state index in [1.165, 1.54) is 11.1 Å². The minimum absolute atomic E-state index is 0.0432. The van der Waals surface area contributed by atoms with Gasteiger partial charge in [-0.1, -0.05) is 13.8 Å². The van der Waals surface area contributed by atoms with Crippen molar-refractivity contribution in [2.24, 2.45) is 0 Å². The molecule has 0 spiro atoms. The molecular weight excluding hydrogens is 326 g/mol. The second kappa shape index (κ2) is 6.24. The number of aryl methyl sites for hydroxylation is 1. The fourth-order valence-corrected chi connectivity index (χ4v) is 5.04. The maximum absolute atomic E-state index is 12.3. The molecule has 1 unspecified atom stereocenters. The van der Waals surface area contributed by atoms with Crippen molar-refractivity contribution in [1.82, 2.24) is 5.32 Å². The van der Waals surface area contributed by atoms with Crippen LogP contribution in [0.1, 0.15) is 42.9 Å². The van der Waals surface area contributed by atoms with Crippen LogP contribution >= 0.6 is 0 Å². The van der Waals surface area contributed by atoms with E-state index in [9.17, 15) is 13.2 Å². The maximum atomic E-state index is 12.3. The molecule has 1 N–H and O–H groups in total. The van der Waals surface area contributed by atoms with Crippen LogP contribution < -0.4 is 5.32 Å². The van der Waals surface area contributed by atoms with Crippen LogP contribution in [0.25, 0.3) is 11.0 Å². The van der Waals surface area contributed by atoms with Crippen molar-refractivity contribution in [1.29, 1.82) is 0 Å². The summed E-state index contributed by atoms with van der Waals surface area (Å²) in [6, 6.07) is 3.84. The monoisotopic (exact) mass is 349 g/mol. The largest absolute Gasteiger partial charge is 0.464 e. The van der Waals surface area contributed by atoms with Crippen molar-refractivity contribution in [2.45, 2.75) is 45.6 Å². The summed E-state index contributed by atoms with van der Waals surface area (Å²) in [6.45, 7) is 6.34. The first-order chi connectivity index (χ1) is 11.2. The highest BCUT2D eigenvalue weighted by Gasteiger charge is 2.29. The Hall–Kier alpha value is -1.82. The highest BCUT2D eigenvalue weighted by molar-refractivity contribution is 7.91. The number of hydrogen-bond donors (Lipinski definition) is 1. The van der Waals surface area contributed by atoms with E-state index in [1.807, 2.05) is 6.07 Å². The third kappa shape index (κ3) is 3.48. The smallest absolute Gasteiger partial charge is 0.224 e. The Morgan fingerprint density at radius 1 is 1.38 bits per heavy atom. The van der Waals surface area contributed by atoms with Crippen LogP contribution in [-0.4, -0.2) is 31.9 Å². The predicted octanol–water partition coefficient (Wildman–Crippen LogP) is 2.71. The van der Waals surface area contributed by atoms with Gasteiger partial charge < -0.3 is 9.73 Å². The average molecular weight is 349 g/mol. The molecule has 24 heavy (non-hydrogen) atoms. The standard InChI is InChI=1S/C18H23NO4S/c1-11(2)15-8-16-13(9-23-17(16)6-12(15)3)7-18(20)19-14-4-5-24(21,22)10-14/h6,8-9,11,14H,4-5,7,10H2,1-3H3,(H,19,20). The van der Waals surface area contributed by atoms with Gasteiger partial charge in [-0.25, -0.2) is 8.42 Å². The Kier molecular flexibility index (Phi) is 4.42. The minimum atomic E-state index is -2.99. The van der Waals surface area contributed by atoms with Crippen molar-refractivity contribution in [3.8, 4) is 0 Å². The topological polar surface area (TPSA) is 76.4 Å². The van der Waals surface area contributed by atoms with Gasteiger partial charge in [-0.05, 0) is 42.5 Å². The molecule has 1 aromatic carbocycles. The molecule has 2 aromatic rings. The average Bonchev–Trinajstić information content (AvgIpc) is 3.01. The summed E-state index contributed by atoms with van der Waals surface area (Å²) >= 11 is 0. The van der Waals surface area contributed by atoms with E-state index in [-0.39, 0.29) is 29.9 Å². The van der Waals surface area contributed by atoms with Crippen LogP contribution in [0.2, 0.25) is 0 Å². The number of fused-ring (bicyclic) bond motifs is 1. The highest BCUT2D eigenvalue weighted by atomic mass is 32.2. The van der Waals surface area contributed by atoms with Gasteiger partial charge in [0.2, 0.25) is 5.91 Å². The zero-order valence-corrected chi connectivity index (χ0v) is 15.1. The molecule has 1 atom stereocenters. The molecule has 6 heteroatoms. The number of furan rings is 1. The van der Waals surface area contributed by atoms with Gasteiger partial charge in [-0.15, -0.1) is 0 Å². The molecule has 1 aliphatic heterocycles. The van der Waals surface area contributed by atoms with E-state index in [0.29, 0.717) is 12.3 Å². The molecule has 1 amide bonds. The number of hydrogen-bond acceptors (Lipinski definition) is 4. The molecule has 0 bridgehead atoms. The quantitative estimate of drug-likeness (QED) is 0.921. The summed E-state index contributed by atoms with van der Waals surface area (Å²) in [5.41, 5.74) is 4.04. The fourth-order valence-electron chi connectivity index (χ4n) is 3.36. The van der Waals surface area contributed by atoms with Crippen molar-refractivity contribution >= 4 is 26.7 Å². The summed E-state index contributed by atoms with van der Waals surface area (Å²) < 4.78 is 28.6. The van der Waals surface area contributed by atoms with Gasteiger partial charge in [0.15, 0.2) is 9.84 Å². The van der Waals surface area contributed by atoms with E-state index in [0.717, 1.165) is 16.5 Å². The Morgan fingerprint density at radius 2 is 2.12 bits per heavy atom. The zero-order valence-electron chi connectivity index (χ0n) is 14.3. The first-order valence-electron chi connectivity index (χ1n) is 8.25. The summed E-state index contributed by atoms with van der Waals surface area (Å²) in [7, 11) is -2.99. The van der Waals surface area contributed by atoms with Crippen molar-refractivity contribution < 1.29 is 17.6 Å². The molecule has 2 heterocycles. The molecular formula is C18H23NO4S. The minimum Gasteiger partial charge on any atom is -0.464 e. The molecule has 0 aliphatic carbocycles. The highest BCUT2D eigenvalue weighted by Crippen LogP contribution is 2.29. The third-order valence-electron chi connectivity index (χ3n) is 4.61. The van der Waals surface area contributed by atoms with Crippen molar-refractivity contribution in [2.75, 3.05) is 11.5 Å². The molecule has 3 rings (SSSR count). The first kappa shape index (κ1) is 17.0. The molecule has 1 saturated heterocycles. The SMILES string of the molecule is Cc1cc2occ(CC(=O)NC3CCS(=O)(=O)C3)c2cc1C(C)C. The van der Waals surface area contributed by atoms with Gasteiger partial charge in [0.25, 0.3) is 0 Å². The van der Waals surface area contributed by atoms with E-state index in [2.05, 4.69) is 32.2 Å². The van der Waals surface area contributed by atoms with E-state index in [1.54, 1.807) is 6.26 Å². The van der Waals surface area contributed by atoms with Crippen LogP contribution in [0.5, 0.6) is 0 Å². The maximum Gasteiger partial charge on any atom is 0.224 e. The van der Waals surface area contributed by atoms with Crippen molar-refractivity contribution in [3.63, 3.8) is 0 Å². The summed E-state index contributed by atoms with van der Waals surface area (Å²) in [5.74, 6) is 0.437. The van der Waals surface area contributed by atoms with E-state index >= 15 is 0 Å². The van der Waals surface area contributed by atoms with Gasteiger partial charge in [-0.3, -0.25) is 4.79 Å². The third-order valence-corrected chi connectivity index (χ3v) is 6.38. The molecule has 130 valence electrons. The van der Waals surface area contributed by atoms with Crippen LogP contribution in [-0.2, 0) is 21.1 Å². The van der Waals surface area contributed by atoms with Gasteiger partial charge in [0, 0.05) is 17.0 Å². The second-order valence-electron chi connectivity index (χ2n) is 6.96. The summed E-state index contributed by atoms with van der Waals surface area (Å²) in [6.07, 6.45) is 2.32. The molecule has 1 aliphatic rings. The van der Waals surface area contributed by atoms with E-state index < -0.39 is 9.84 Å².